The molecule has 2 aromatic heterocycles. The average Bonchev–Trinajstić information content (AvgIpc) is 3.78. The predicted octanol–water partition coefficient (Wildman–Crippen LogP) is 15.1. The van der Waals surface area contributed by atoms with Crippen molar-refractivity contribution in [1.82, 2.24) is 9.97 Å². The van der Waals surface area contributed by atoms with E-state index in [1.807, 2.05) is 17.5 Å². The van der Waals surface area contributed by atoms with Crippen molar-refractivity contribution in [2.75, 3.05) is 0 Å². The number of aromatic nitrogens is 2. The Morgan fingerprint density at radius 2 is 1.09 bits per heavy atom. The van der Waals surface area contributed by atoms with Crippen molar-refractivity contribution in [2.45, 2.75) is 25.7 Å². The zero-order valence-electron chi connectivity index (χ0n) is 32.3. The summed E-state index contributed by atoms with van der Waals surface area (Å²) in [7, 11) is 0. The second-order valence-electron chi connectivity index (χ2n) is 16.5. The van der Waals surface area contributed by atoms with Crippen LogP contribution in [0.4, 0.5) is 0 Å². The van der Waals surface area contributed by atoms with Crippen LogP contribution in [0.15, 0.2) is 176 Å². The lowest BCUT2D eigenvalue weighted by Crippen LogP contribution is -2.24. The number of benzene rings is 8. The number of nitrogens with zero attached hydrogens (tertiary/aromatic N) is 2. The summed E-state index contributed by atoms with van der Waals surface area (Å²) in [5.41, 5.74) is 16.0. The zero-order valence-corrected chi connectivity index (χ0v) is 33.1. The summed E-state index contributed by atoms with van der Waals surface area (Å²) in [4.78, 5) is 10.3. The molecule has 0 aliphatic heterocycles. The summed E-state index contributed by atoms with van der Waals surface area (Å²) < 4.78 is 2.73. The minimum absolute atomic E-state index is 0.103. The van der Waals surface area contributed by atoms with E-state index in [0.29, 0.717) is 5.92 Å². The topological polar surface area (TPSA) is 25.8 Å². The van der Waals surface area contributed by atoms with Crippen molar-refractivity contribution < 1.29 is 0 Å². The number of rotatable bonds is 4. The molecule has 2 heterocycles. The molecule has 274 valence electrons. The lowest BCUT2D eigenvalue weighted by molar-refractivity contribution is 0.418. The number of fused-ring (bicyclic) bond motifs is 12. The van der Waals surface area contributed by atoms with Gasteiger partial charge in [0.1, 0.15) is 0 Å². The maximum absolute atomic E-state index is 5.26. The van der Waals surface area contributed by atoms with Crippen molar-refractivity contribution in [3.8, 4) is 33.5 Å². The van der Waals surface area contributed by atoms with Crippen molar-refractivity contribution in [3.63, 3.8) is 0 Å². The molecular formula is C55H38N2S. The molecule has 2 nitrogen and oxygen atoms in total. The van der Waals surface area contributed by atoms with Crippen molar-refractivity contribution in [3.05, 3.63) is 193 Å². The van der Waals surface area contributed by atoms with E-state index in [9.17, 15) is 0 Å². The Kier molecular flexibility index (Phi) is 7.30. The molecule has 12 rings (SSSR count). The Balaban J connectivity index is 0.890. The lowest BCUT2D eigenvalue weighted by atomic mass is 9.72. The second kappa shape index (κ2) is 12.7. The standard InChI is InChI=1S/C55H38N2S/c1-55(2)48-23-8-7-16-42(48)43-29-28-36(31-49(43)55)39-20-11-22-47-46-21-10-19-38(53(46)58-54(39)47)34-26-24-33(25-27-34)35-12-9-13-37(30-35)50-32-56-51-44-17-5-3-14-40(44)41-15-4-6-18-45(41)52(51)57-50/h3-30,32,49H,31H2,1-2H3. The minimum Gasteiger partial charge on any atom is -0.252 e. The molecule has 0 radical (unpaired) electrons. The molecule has 58 heavy (non-hydrogen) atoms. The first kappa shape index (κ1) is 33.5. The molecule has 3 heteroatoms. The third-order valence-electron chi connectivity index (χ3n) is 13.1. The van der Waals surface area contributed by atoms with Crippen molar-refractivity contribution >= 4 is 75.2 Å². The Bertz CT molecular complexity index is 3360. The van der Waals surface area contributed by atoms with Gasteiger partial charge in [-0.05, 0) is 84.7 Å². The molecule has 0 fully saturated rings. The molecule has 0 amide bonds. The predicted molar refractivity (Wildman–Crippen MR) is 247 cm³/mol. The first-order chi connectivity index (χ1) is 28.5. The van der Waals surface area contributed by atoms with Gasteiger partial charge in [-0.1, -0.05) is 178 Å². The normalized spacial score (nSPS) is 15.9. The van der Waals surface area contributed by atoms with E-state index in [1.54, 1.807) is 0 Å². The van der Waals surface area contributed by atoms with E-state index in [2.05, 4.69) is 184 Å². The van der Waals surface area contributed by atoms with Gasteiger partial charge in [-0.25, -0.2) is 4.98 Å². The molecule has 0 N–H and O–H groups in total. The van der Waals surface area contributed by atoms with Crippen molar-refractivity contribution in [1.29, 1.82) is 0 Å². The van der Waals surface area contributed by atoms with Gasteiger partial charge in [0.2, 0.25) is 0 Å². The van der Waals surface area contributed by atoms with E-state index >= 15 is 0 Å². The monoisotopic (exact) mass is 758 g/mol. The minimum atomic E-state index is 0.103. The fourth-order valence-corrected chi connectivity index (χ4v) is 11.5. The maximum Gasteiger partial charge on any atom is 0.0979 e. The van der Waals surface area contributed by atoms with Gasteiger partial charge in [-0.2, -0.15) is 0 Å². The molecule has 1 unspecified atom stereocenters. The Labute approximate surface area is 341 Å². The maximum atomic E-state index is 5.26. The molecule has 0 bridgehead atoms. The third kappa shape index (κ3) is 4.96. The molecule has 8 aromatic carbocycles. The van der Waals surface area contributed by atoms with Gasteiger partial charge in [0, 0.05) is 36.5 Å². The van der Waals surface area contributed by atoms with Crippen LogP contribution in [0.2, 0.25) is 0 Å². The second-order valence-corrected chi connectivity index (χ2v) is 17.5. The van der Waals surface area contributed by atoms with Crippen LogP contribution in [-0.4, -0.2) is 9.97 Å². The summed E-state index contributed by atoms with van der Waals surface area (Å²) in [5, 5.41) is 7.34. The van der Waals surface area contributed by atoms with Crippen molar-refractivity contribution in [2.24, 2.45) is 5.92 Å². The SMILES string of the molecule is CC1(C)c2ccccc2C2=CC=C(c3cccc4c3sc3c(-c5ccc(-c6cccc(-c7cnc8c9ccccc9c9ccccc9c8n7)c6)cc5)cccc34)CC21. The first-order valence-electron chi connectivity index (χ1n) is 20.2. The summed E-state index contributed by atoms with van der Waals surface area (Å²) in [5.74, 6) is 0.478. The Morgan fingerprint density at radius 3 is 1.86 bits per heavy atom. The molecule has 2 aliphatic carbocycles. The number of allylic oxidation sites excluding steroid dienone is 4. The van der Waals surface area contributed by atoms with Crippen LogP contribution in [0.3, 0.4) is 0 Å². The highest BCUT2D eigenvalue weighted by molar-refractivity contribution is 7.26. The van der Waals surface area contributed by atoms with Gasteiger partial charge in [-0.15, -0.1) is 11.3 Å². The highest BCUT2D eigenvalue weighted by Gasteiger charge is 2.43. The summed E-state index contributed by atoms with van der Waals surface area (Å²) >= 11 is 1.94. The van der Waals surface area contributed by atoms with Gasteiger partial charge in [0.05, 0.1) is 22.9 Å². The zero-order chi connectivity index (χ0) is 38.5. The van der Waals surface area contributed by atoms with Gasteiger partial charge < -0.3 is 0 Å². The van der Waals surface area contributed by atoms with Crippen LogP contribution in [0, 0.1) is 5.92 Å². The van der Waals surface area contributed by atoms with E-state index in [1.165, 1.54) is 75.5 Å². The van der Waals surface area contributed by atoms with E-state index in [4.69, 9.17) is 9.97 Å². The summed E-state index contributed by atoms with van der Waals surface area (Å²) in [6.45, 7) is 4.86. The average molecular weight is 759 g/mol. The lowest BCUT2D eigenvalue weighted by Gasteiger charge is -2.31. The summed E-state index contributed by atoms with van der Waals surface area (Å²) in [6.07, 6.45) is 7.78. The number of hydrogen-bond donors (Lipinski definition) is 0. The van der Waals surface area contributed by atoms with E-state index in [-0.39, 0.29) is 5.41 Å². The fraction of sp³-hybridized carbons (Fsp3) is 0.0909. The molecule has 1 atom stereocenters. The number of thiophene rings is 1. The quantitative estimate of drug-likeness (QED) is 0.167. The highest BCUT2D eigenvalue weighted by Crippen LogP contribution is 2.55. The van der Waals surface area contributed by atoms with E-state index in [0.717, 1.165) is 45.0 Å². The van der Waals surface area contributed by atoms with Crippen LogP contribution in [-0.2, 0) is 5.41 Å². The molecular weight excluding hydrogens is 721 g/mol. The fourth-order valence-electron chi connectivity index (χ4n) is 10.1. The molecule has 0 spiro atoms. The van der Waals surface area contributed by atoms with Gasteiger partial charge in [0.15, 0.2) is 0 Å². The summed E-state index contributed by atoms with van der Waals surface area (Å²) in [6, 6.07) is 57.5. The molecule has 0 saturated heterocycles. The van der Waals surface area contributed by atoms with Gasteiger partial charge in [0.25, 0.3) is 0 Å². The molecule has 2 aliphatic rings. The van der Waals surface area contributed by atoms with Gasteiger partial charge >= 0.3 is 0 Å². The Hall–Kier alpha value is -6.68. The first-order valence-corrected chi connectivity index (χ1v) is 21.1. The van der Waals surface area contributed by atoms with Crippen LogP contribution in [0.1, 0.15) is 37.0 Å². The highest BCUT2D eigenvalue weighted by atomic mass is 32.1. The van der Waals surface area contributed by atoms with Crippen LogP contribution < -0.4 is 0 Å². The van der Waals surface area contributed by atoms with E-state index < -0.39 is 0 Å². The third-order valence-corrected chi connectivity index (χ3v) is 14.3. The van der Waals surface area contributed by atoms with Crippen LogP contribution in [0.25, 0.3) is 97.4 Å². The smallest absolute Gasteiger partial charge is 0.0979 e. The van der Waals surface area contributed by atoms with Gasteiger partial charge in [-0.3, -0.25) is 4.98 Å². The Morgan fingerprint density at radius 1 is 0.500 bits per heavy atom. The largest absolute Gasteiger partial charge is 0.252 e. The van der Waals surface area contributed by atoms with Crippen LogP contribution in [0.5, 0.6) is 0 Å². The van der Waals surface area contributed by atoms with Crippen LogP contribution >= 0.6 is 11.3 Å². The molecule has 10 aromatic rings. The molecule has 0 saturated carbocycles. The number of hydrogen-bond acceptors (Lipinski definition) is 3.